The Balaban J connectivity index is 0.000000486. The Kier molecular flexibility index (Phi) is 9.09. The summed E-state index contributed by atoms with van der Waals surface area (Å²) in [6, 6.07) is 0. The van der Waals surface area contributed by atoms with Crippen molar-refractivity contribution in [1.82, 2.24) is 4.90 Å². The van der Waals surface area contributed by atoms with Crippen LogP contribution in [0.5, 0.6) is 0 Å². The minimum absolute atomic E-state index is 0.0243. The average Bonchev–Trinajstić information content (AvgIpc) is 2.36. The highest BCUT2D eigenvalue weighted by atomic mass is 16.5. The lowest BCUT2D eigenvalue weighted by molar-refractivity contribution is -0.139. The monoisotopic (exact) mass is 299 g/mol. The van der Waals surface area contributed by atoms with E-state index in [1.165, 1.54) is 6.92 Å². The number of unbranched alkanes of at least 4 members (excludes halogenated alkanes) is 1. The second-order valence-corrected chi connectivity index (χ2v) is 6.36. The number of likely N-dealkylation sites (tertiary alicyclic amines) is 1. The maximum Gasteiger partial charge on any atom is 0.293 e. The van der Waals surface area contributed by atoms with Gasteiger partial charge in [0.25, 0.3) is 6.47 Å². The van der Waals surface area contributed by atoms with Crippen LogP contribution in [0.15, 0.2) is 0 Å². The van der Waals surface area contributed by atoms with Gasteiger partial charge in [0.05, 0.1) is 5.92 Å². The third-order valence-corrected chi connectivity index (χ3v) is 3.22. The molecular weight excluding hydrogens is 270 g/mol. The fourth-order valence-electron chi connectivity index (χ4n) is 1.98. The van der Waals surface area contributed by atoms with Gasteiger partial charge >= 0.3 is 0 Å². The molecule has 1 fully saturated rings. The molecule has 0 aromatic heterocycles. The largest absolute Gasteiger partial charge is 0.462 e. The number of Topliss-reactive ketones (excluding diaryl/α,β-unsaturated/α-hetero) is 2. The van der Waals surface area contributed by atoms with E-state index in [9.17, 15) is 14.4 Å². The highest BCUT2D eigenvalue weighted by molar-refractivity contribution is 6.02. The third-order valence-electron chi connectivity index (χ3n) is 3.22. The van der Waals surface area contributed by atoms with Gasteiger partial charge in [-0.05, 0) is 40.7 Å². The molecule has 1 aliphatic heterocycles. The second-order valence-electron chi connectivity index (χ2n) is 6.36. The van der Waals surface area contributed by atoms with Crippen LogP contribution in [-0.4, -0.2) is 48.2 Å². The van der Waals surface area contributed by atoms with Crippen molar-refractivity contribution in [3.05, 3.63) is 0 Å². The molecule has 1 rings (SSSR count). The number of ketones is 2. The van der Waals surface area contributed by atoms with Crippen molar-refractivity contribution in [1.29, 1.82) is 0 Å². The molecule has 0 aliphatic carbocycles. The Morgan fingerprint density at radius 1 is 1.43 bits per heavy atom. The quantitative estimate of drug-likeness (QED) is 0.575. The van der Waals surface area contributed by atoms with Gasteiger partial charge in [-0.3, -0.25) is 14.4 Å². The van der Waals surface area contributed by atoms with Crippen molar-refractivity contribution in [2.45, 2.75) is 59.5 Å². The average molecular weight is 299 g/mol. The minimum Gasteiger partial charge on any atom is -0.462 e. The van der Waals surface area contributed by atoms with Gasteiger partial charge in [0, 0.05) is 19.5 Å². The molecule has 0 aromatic carbocycles. The molecule has 0 saturated carbocycles. The molecule has 0 bridgehead atoms. The smallest absolute Gasteiger partial charge is 0.293 e. The number of ether oxygens (including phenoxy) is 1. The standard InChI is InChI=1S/C11H19NO2.C5H10O2/c1-3-4-6-12-7-5-11(14)10(8-12)9(2)13;1-5(2,3)7-4-6/h10H,3-8H2,1-2H3;4H,1-3H3. The lowest BCUT2D eigenvalue weighted by Gasteiger charge is -2.30. The van der Waals surface area contributed by atoms with Gasteiger partial charge in [0.2, 0.25) is 0 Å². The van der Waals surface area contributed by atoms with Gasteiger partial charge in [-0.15, -0.1) is 0 Å². The summed E-state index contributed by atoms with van der Waals surface area (Å²) in [5, 5.41) is 0. The number of piperidine rings is 1. The molecule has 5 nitrogen and oxygen atoms in total. The van der Waals surface area contributed by atoms with Crippen LogP contribution in [0.2, 0.25) is 0 Å². The predicted molar refractivity (Wildman–Crippen MR) is 82.0 cm³/mol. The molecule has 0 radical (unpaired) electrons. The molecule has 0 spiro atoms. The highest BCUT2D eigenvalue weighted by Gasteiger charge is 2.29. The second kappa shape index (κ2) is 9.66. The first-order valence-corrected chi connectivity index (χ1v) is 7.58. The summed E-state index contributed by atoms with van der Waals surface area (Å²) in [6.07, 6.45) is 2.86. The van der Waals surface area contributed by atoms with Gasteiger partial charge in [-0.1, -0.05) is 13.3 Å². The maximum atomic E-state index is 11.4. The van der Waals surface area contributed by atoms with Gasteiger partial charge in [-0.2, -0.15) is 0 Å². The van der Waals surface area contributed by atoms with Crippen LogP contribution in [0.3, 0.4) is 0 Å². The van der Waals surface area contributed by atoms with E-state index in [1.807, 2.05) is 20.8 Å². The lowest BCUT2D eigenvalue weighted by atomic mass is 9.93. The number of carbonyl (C=O) groups excluding carboxylic acids is 3. The van der Waals surface area contributed by atoms with Crippen molar-refractivity contribution in [3.63, 3.8) is 0 Å². The first-order valence-electron chi connectivity index (χ1n) is 7.58. The van der Waals surface area contributed by atoms with E-state index in [0.717, 1.165) is 25.9 Å². The van der Waals surface area contributed by atoms with Crippen LogP contribution >= 0.6 is 0 Å². The molecule has 1 heterocycles. The van der Waals surface area contributed by atoms with Crippen molar-refractivity contribution < 1.29 is 19.1 Å². The number of nitrogens with zero attached hydrogens (tertiary/aromatic N) is 1. The SMILES string of the molecule is CC(C)(C)OC=O.CCCCN1CCC(=O)C(C(C)=O)C1. The fraction of sp³-hybridized carbons (Fsp3) is 0.812. The summed E-state index contributed by atoms with van der Waals surface area (Å²) in [5.74, 6) is -0.193. The molecule has 0 amide bonds. The molecular formula is C16H29NO4. The van der Waals surface area contributed by atoms with E-state index in [4.69, 9.17) is 0 Å². The van der Waals surface area contributed by atoms with Crippen LogP contribution in [0, 0.1) is 5.92 Å². The van der Waals surface area contributed by atoms with E-state index < -0.39 is 0 Å². The highest BCUT2D eigenvalue weighted by Crippen LogP contribution is 2.14. The summed E-state index contributed by atoms with van der Waals surface area (Å²) in [5.41, 5.74) is -0.318. The van der Waals surface area contributed by atoms with Crippen LogP contribution in [0.4, 0.5) is 0 Å². The molecule has 21 heavy (non-hydrogen) atoms. The molecule has 1 aliphatic rings. The van der Waals surface area contributed by atoms with Gasteiger partial charge in [0.1, 0.15) is 17.2 Å². The normalized spacial score (nSPS) is 19.5. The molecule has 1 atom stereocenters. The maximum absolute atomic E-state index is 11.4. The number of rotatable bonds is 5. The fourth-order valence-corrected chi connectivity index (χ4v) is 1.98. The first-order chi connectivity index (χ1) is 9.71. The van der Waals surface area contributed by atoms with E-state index in [0.29, 0.717) is 19.4 Å². The molecule has 122 valence electrons. The number of hydrogen-bond donors (Lipinski definition) is 0. The number of carbonyl (C=O) groups is 3. The van der Waals surface area contributed by atoms with Gasteiger partial charge in [0.15, 0.2) is 0 Å². The third kappa shape index (κ3) is 9.34. The predicted octanol–water partition coefficient (Wildman–Crippen LogP) is 2.22. The summed E-state index contributed by atoms with van der Waals surface area (Å²) >= 11 is 0. The molecule has 1 saturated heterocycles. The van der Waals surface area contributed by atoms with Crippen LogP contribution < -0.4 is 0 Å². The Hall–Kier alpha value is -1.23. The summed E-state index contributed by atoms with van der Waals surface area (Å²) < 4.78 is 4.55. The van der Waals surface area contributed by atoms with Crippen molar-refractivity contribution in [3.8, 4) is 0 Å². The molecule has 0 N–H and O–H groups in total. The van der Waals surface area contributed by atoms with E-state index in [-0.39, 0.29) is 23.1 Å². The van der Waals surface area contributed by atoms with Crippen LogP contribution in [0.1, 0.15) is 53.9 Å². The Morgan fingerprint density at radius 2 is 2.05 bits per heavy atom. The summed E-state index contributed by atoms with van der Waals surface area (Å²) in [6.45, 7) is 12.1. The Bertz CT molecular complexity index is 347. The first kappa shape index (κ1) is 19.8. The van der Waals surface area contributed by atoms with Gasteiger partial charge in [-0.25, -0.2) is 0 Å². The molecule has 5 heteroatoms. The minimum atomic E-state index is -0.347. The van der Waals surface area contributed by atoms with Crippen LogP contribution in [-0.2, 0) is 19.1 Å². The Morgan fingerprint density at radius 3 is 2.43 bits per heavy atom. The molecule has 1 unspecified atom stereocenters. The van der Waals surface area contributed by atoms with Crippen molar-refractivity contribution in [2.75, 3.05) is 19.6 Å². The van der Waals surface area contributed by atoms with Crippen molar-refractivity contribution >= 4 is 18.0 Å². The van der Waals surface area contributed by atoms with E-state index in [2.05, 4.69) is 16.6 Å². The Labute approximate surface area is 128 Å². The lowest BCUT2D eigenvalue weighted by Crippen LogP contribution is -2.43. The van der Waals surface area contributed by atoms with E-state index in [1.54, 1.807) is 0 Å². The molecule has 0 aromatic rings. The van der Waals surface area contributed by atoms with Crippen molar-refractivity contribution in [2.24, 2.45) is 5.92 Å². The zero-order chi connectivity index (χ0) is 16.5. The summed E-state index contributed by atoms with van der Waals surface area (Å²) in [4.78, 5) is 34.4. The van der Waals surface area contributed by atoms with Gasteiger partial charge < -0.3 is 9.64 Å². The summed E-state index contributed by atoms with van der Waals surface area (Å²) in [7, 11) is 0. The topological polar surface area (TPSA) is 63.7 Å². The van der Waals surface area contributed by atoms with Crippen LogP contribution in [0.25, 0.3) is 0 Å². The zero-order valence-corrected chi connectivity index (χ0v) is 14.0. The van der Waals surface area contributed by atoms with E-state index >= 15 is 0 Å². The number of hydrogen-bond acceptors (Lipinski definition) is 5. The zero-order valence-electron chi connectivity index (χ0n) is 14.0.